The Morgan fingerprint density at radius 2 is 2.31 bits per heavy atom. The van der Waals surface area contributed by atoms with Crippen LogP contribution in [0.15, 0.2) is 34.1 Å². The topological polar surface area (TPSA) is 48.1 Å². The summed E-state index contributed by atoms with van der Waals surface area (Å²) in [6.07, 6.45) is -0.0946. The molecule has 0 saturated heterocycles. The average molecular weight is 299 g/mol. The van der Waals surface area contributed by atoms with Gasteiger partial charge in [0.05, 0.1) is 5.69 Å². The maximum atomic E-state index is 5.75. The van der Waals surface area contributed by atoms with Crippen LogP contribution < -0.4 is 10.5 Å². The van der Waals surface area contributed by atoms with E-state index in [1.807, 2.05) is 36.6 Å². The van der Waals surface area contributed by atoms with Gasteiger partial charge in [0.2, 0.25) is 0 Å². The lowest BCUT2D eigenvalue weighted by Crippen LogP contribution is -2.03. The number of nitrogens with two attached hydrogens (primary N) is 1. The molecule has 1 atom stereocenters. The Morgan fingerprint density at radius 3 is 2.94 bits per heavy atom. The maximum absolute atomic E-state index is 5.75. The molecule has 3 nitrogen and oxygen atoms in total. The molecule has 84 valence electrons. The summed E-state index contributed by atoms with van der Waals surface area (Å²) in [5, 5.41) is 2.48. The molecule has 1 unspecified atom stereocenters. The summed E-state index contributed by atoms with van der Waals surface area (Å²) in [6.45, 7) is 1.95. The highest BCUT2D eigenvalue weighted by Crippen LogP contribution is 2.25. The summed E-state index contributed by atoms with van der Waals surface area (Å²) in [5.74, 6) is 0.813. The number of halogens is 1. The Kier molecular flexibility index (Phi) is 3.46. The SMILES string of the molecule is CC(Oc1cccc(Br)c1)c1csc(N)n1. The summed E-state index contributed by atoms with van der Waals surface area (Å²) in [5.41, 5.74) is 6.44. The molecule has 2 aromatic rings. The van der Waals surface area contributed by atoms with Crippen molar-refractivity contribution in [3.63, 3.8) is 0 Å². The van der Waals surface area contributed by atoms with Crippen molar-refractivity contribution in [3.8, 4) is 5.75 Å². The Bertz CT molecular complexity index is 486. The van der Waals surface area contributed by atoms with Crippen molar-refractivity contribution < 1.29 is 4.74 Å². The number of benzene rings is 1. The fraction of sp³-hybridized carbons (Fsp3) is 0.182. The number of hydrogen-bond acceptors (Lipinski definition) is 4. The van der Waals surface area contributed by atoms with Crippen molar-refractivity contribution in [2.75, 3.05) is 5.73 Å². The molecule has 1 aromatic heterocycles. The first-order chi connectivity index (χ1) is 7.65. The summed E-state index contributed by atoms with van der Waals surface area (Å²) < 4.78 is 6.75. The predicted octanol–water partition coefficient (Wildman–Crippen LogP) is 3.63. The molecule has 16 heavy (non-hydrogen) atoms. The van der Waals surface area contributed by atoms with Gasteiger partial charge in [-0.1, -0.05) is 22.0 Å². The van der Waals surface area contributed by atoms with E-state index in [2.05, 4.69) is 20.9 Å². The zero-order chi connectivity index (χ0) is 11.5. The van der Waals surface area contributed by atoms with Gasteiger partial charge in [-0.2, -0.15) is 0 Å². The minimum atomic E-state index is -0.0946. The van der Waals surface area contributed by atoms with Gasteiger partial charge >= 0.3 is 0 Å². The van der Waals surface area contributed by atoms with E-state index in [1.165, 1.54) is 11.3 Å². The van der Waals surface area contributed by atoms with E-state index in [1.54, 1.807) is 0 Å². The van der Waals surface area contributed by atoms with Crippen LogP contribution in [0.2, 0.25) is 0 Å². The van der Waals surface area contributed by atoms with Crippen LogP contribution in [0.1, 0.15) is 18.7 Å². The van der Waals surface area contributed by atoms with Gasteiger partial charge in [0.25, 0.3) is 0 Å². The van der Waals surface area contributed by atoms with Gasteiger partial charge in [0.1, 0.15) is 11.9 Å². The van der Waals surface area contributed by atoms with Crippen molar-refractivity contribution in [1.82, 2.24) is 4.98 Å². The van der Waals surface area contributed by atoms with E-state index in [0.29, 0.717) is 5.13 Å². The maximum Gasteiger partial charge on any atom is 0.180 e. The number of nitrogen functional groups attached to an aromatic ring is 1. The lowest BCUT2D eigenvalue weighted by Gasteiger charge is -2.12. The quantitative estimate of drug-likeness (QED) is 0.941. The van der Waals surface area contributed by atoms with E-state index in [9.17, 15) is 0 Å². The average Bonchev–Trinajstić information content (AvgIpc) is 2.65. The first kappa shape index (κ1) is 11.4. The summed E-state index contributed by atoms with van der Waals surface area (Å²) in [4.78, 5) is 4.19. The molecule has 0 radical (unpaired) electrons. The minimum absolute atomic E-state index is 0.0946. The van der Waals surface area contributed by atoms with Crippen LogP contribution in [0.3, 0.4) is 0 Å². The molecule has 0 aliphatic carbocycles. The van der Waals surface area contributed by atoms with E-state index in [4.69, 9.17) is 10.5 Å². The third-order valence-electron chi connectivity index (χ3n) is 2.07. The van der Waals surface area contributed by atoms with Crippen LogP contribution in [0.25, 0.3) is 0 Å². The fourth-order valence-electron chi connectivity index (χ4n) is 1.29. The van der Waals surface area contributed by atoms with Crippen molar-refractivity contribution in [2.45, 2.75) is 13.0 Å². The van der Waals surface area contributed by atoms with Gasteiger partial charge in [0, 0.05) is 9.85 Å². The number of rotatable bonds is 3. The second-order valence-electron chi connectivity index (χ2n) is 3.33. The van der Waals surface area contributed by atoms with Crippen molar-refractivity contribution >= 4 is 32.4 Å². The molecule has 0 aliphatic heterocycles. The Labute approximate surface area is 106 Å². The minimum Gasteiger partial charge on any atom is -0.484 e. The third kappa shape index (κ3) is 2.74. The van der Waals surface area contributed by atoms with Crippen LogP contribution >= 0.6 is 27.3 Å². The molecule has 2 N–H and O–H groups in total. The van der Waals surface area contributed by atoms with Gasteiger partial charge in [-0.3, -0.25) is 0 Å². The monoisotopic (exact) mass is 298 g/mol. The summed E-state index contributed by atoms with van der Waals surface area (Å²) in [7, 11) is 0. The third-order valence-corrected chi connectivity index (χ3v) is 3.25. The normalized spacial score (nSPS) is 12.4. The first-order valence-electron chi connectivity index (χ1n) is 4.78. The summed E-state index contributed by atoms with van der Waals surface area (Å²) in [6, 6.07) is 7.73. The lowest BCUT2D eigenvalue weighted by atomic mass is 10.3. The van der Waals surface area contributed by atoms with Crippen LogP contribution in [0.4, 0.5) is 5.13 Å². The molecule has 0 amide bonds. The Morgan fingerprint density at radius 1 is 1.50 bits per heavy atom. The number of aromatic nitrogens is 1. The smallest absolute Gasteiger partial charge is 0.180 e. The standard InChI is InChI=1S/C11H11BrN2OS/c1-7(10-6-16-11(13)14-10)15-9-4-2-3-8(12)5-9/h2-7H,1H3,(H2,13,14). The van der Waals surface area contributed by atoms with E-state index >= 15 is 0 Å². The van der Waals surface area contributed by atoms with E-state index in [-0.39, 0.29) is 6.10 Å². The zero-order valence-electron chi connectivity index (χ0n) is 8.68. The molecule has 2 rings (SSSR count). The van der Waals surface area contributed by atoms with Crippen molar-refractivity contribution in [3.05, 3.63) is 39.8 Å². The molecule has 5 heteroatoms. The Hall–Kier alpha value is -1.07. The molecule has 0 fully saturated rings. The van der Waals surface area contributed by atoms with Crippen LogP contribution in [-0.4, -0.2) is 4.98 Å². The molecule has 0 spiro atoms. The largest absolute Gasteiger partial charge is 0.484 e. The van der Waals surface area contributed by atoms with Gasteiger partial charge in [-0.25, -0.2) is 4.98 Å². The number of anilines is 1. The fourth-order valence-corrected chi connectivity index (χ4v) is 2.31. The molecule has 0 aliphatic rings. The van der Waals surface area contributed by atoms with Crippen molar-refractivity contribution in [1.29, 1.82) is 0 Å². The van der Waals surface area contributed by atoms with E-state index < -0.39 is 0 Å². The van der Waals surface area contributed by atoms with E-state index in [0.717, 1.165) is 15.9 Å². The highest BCUT2D eigenvalue weighted by atomic mass is 79.9. The van der Waals surface area contributed by atoms with Gasteiger partial charge < -0.3 is 10.5 Å². The zero-order valence-corrected chi connectivity index (χ0v) is 11.1. The number of nitrogens with zero attached hydrogens (tertiary/aromatic N) is 1. The molecule has 1 aromatic carbocycles. The van der Waals surface area contributed by atoms with Gasteiger partial charge in [0.15, 0.2) is 5.13 Å². The van der Waals surface area contributed by atoms with Gasteiger partial charge in [-0.15, -0.1) is 11.3 Å². The molecule has 1 heterocycles. The number of ether oxygens (including phenoxy) is 1. The number of thiazole rings is 1. The van der Waals surface area contributed by atoms with Crippen LogP contribution in [0, 0.1) is 0 Å². The van der Waals surface area contributed by atoms with Gasteiger partial charge in [-0.05, 0) is 25.1 Å². The van der Waals surface area contributed by atoms with Crippen LogP contribution in [-0.2, 0) is 0 Å². The van der Waals surface area contributed by atoms with Crippen LogP contribution in [0.5, 0.6) is 5.75 Å². The number of hydrogen-bond donors (Lipinski definition) is 1. The summed E-state index contributed by atoms with van der Waals surface area (Å²) >= 11 is 4.82. The molecule has 0 bridgehead atoms. The second kappa shape index (κ2) is 4.84. The lowest BCUT2D eigenvalue weighted by molar-refractivity contribution is 0.222. The van der Waals surface area contributed by atoms with Crippen molar-refractivity contribution in [2.24, 2.45) is 0 Å². The second-order valence-corrected chi connectivity index (χ2v) is 5.13. The first-order valence-corrected chi connectivity index (χ1v) is 6.45. The molecular weight excluding hydrogens is 288 g/mol. The highest BCUT2D eigenvalue weighted by Gasteiger charge is 2.10. The molecule has 0 saturated carbocycles. The highest BCUT2D eigenvalue weighted by molar-refractivity contribution is 9.10. The Balaban J connectivity index is 2.10. The molecular formula is C11H11BrN2OS. The predicted molar refractivity (Wildman–Crippen MR) is 69.7 cm³/mol.